The third-order valence-corrected chi connectivity index (χ3v) is 6.40. The second-order valence-corrected chi connectivity index (χ2v) is 8.82. The molecule has 5 heteroatoms. The SMILES string of the molecule is CC1CC2=CCC(COc3cc4nnc(Br)n4cc3C3CC3)(C2)C1. The molecule has 2 bridgehead atoms. The van der Waals surface area contributed by atoms with E-state index in [0.717, 1.165) is 28.7 Å². The number of fused-ring (bicyclic) bond motifs is 3. The largest absolute Gasteiger partial charge is 0.492 e. The van der Waals surface area contributed by atoms with Crippen LogP contribution in [0.2, 0.25) is 0 Å². The predicted molar refractivity (Wildman–Crippen MR) is 96.3 cm³/mol. The van der Waals surface area contributed by atoms with Gasteiger partial charge in [0.25, 0.3) is 0 Å². The van der Waals surface area contributed by atoms with E-state index in [9.17, 15) is 0 Å². The van der Waals surface area contributed by atoms with Gasteiger partial charge in [0, 0.05) is 23.2 Å². The van der Waals surface area contributed by atoms with E-state index < -0.39 is 0 Å². The minimum Gasteiger partial charge on any atom is -0.492 e. The van der Waals surface area contributed by atoms with Crippen molar-refractivity contribution in [1.82, 2.24) is 14.6 Å². The van der Waals surface area contributed by atoms with Gasteiger partial charge in [0.1, 0.15) is 5.75 Å². The molecule has 3 aliphatic rings. The first-order valence-corrected chi connectivity index (χ1v) is 9.76. The number of ether oxygens (including phenoxy) is 1. The lowest BCUT2D eigenvalue weighted by Crippen LogP contribution is -2.31. The van der Waals surface area contributed by atoms with Crippen LogP contribution < -0.4 is 4.74 Å². The molecule has 3 aliphatic carbocycles. The molecule has 2 heterocycles. The van der Waals surface area contributed by atoms with Crippen LogP contribution in [0.15, 0.2) is 28.6 Å². The van der Waals surface area contributed by atoms with Crippen LogP contribution in [-0.2, 0) is 0 Å². The number of aromatic nitrogens is 3. The van der Waals surface area contributed by atoms with Gasteiger partial charge in [0.05, 0.1) is 6.61 Å². The lowest BCUT2D eigenvalue weighted by Gasteiger charge is -2.36. The van der Waals surface area contributed by atoms with Crippen molar-refractivity contribution in [1.29, 1.82) is 0 Å². The van der Waals surface area contributed by atoms with E-state index in [-0.39, 0.29) is 0 Å². The van der Waals surface area contributed by atoms with Crippen molar-refractivity contribution in [2.24, 2.45) is 11.3 Å². The molecule has 0 spiro atoms. The Kier molecular flexibility index (Phi) is 3.31. The quantitative estimate of drug-likeness (QED) is 0.701. The fraction of sp³-hybridized carbons (Fsp3) is 0.579. The Morgan fingerprint density at radius 1 is 1.38 bits per heavy atom. The van der Waals surface area contributed by atoms with Crippen LogP contribution in [0.1, 0.15) is 56.9 Å². The van der Waals surface area contributed by atoms with Crippen LogP contribution in [-0.4, -0.2) is 21.2 Å². The Balaban J connectivity index is 1.43. The predicted octanol–water partition coefficient (Wildman–Crippen LogP) is 4.88. The first-order valence-electron chi connectivity index (χ1n) is 8.97. The zero-order chi connectivity index (χ0) is 16.3. The third-order valence-electron chi connectivity index (χ3n) is 5.86. The Morgan fingerprint density at radius 2 is 2.25 bits per heavy atom. The molecule has 24 heavy (non-hydrogen) atoms. The summed E-state index contributed by atoms with van der Waals surface area (Å²) in [6, 6.07) is 2.07. The summed E-state index contributed by atoms with van der Waals surface area (Å²) < 4.78 is 9.20. The van der Waals surface area contributed by atoms with Crippen LogP contribution in [0.25, 0.3) is 5.65 Å². The maximum Gasteiger partial charge on any atom is 0.204 e. The zero-order valence-electron chi connectivity index (χ0n) is 14.0. The molecule has 5 rings (SSSR count). The van der Waals surface area contributed by atoms with E-state index in [0.29, 0.717) is 11.3 Å². The van der Waals surface area contributed by atoms with Crippen LogP contribution in [0, 0.1) is 11.3 Å². The fourth-order valence-corrected chi connectivity index (χ4v) is 5.05. The van der Waals surface area contributed by atoms with Gasteiger partial charge in [-0.05, 0) is 66.3 Å². The normalized spacial score (nSPS) is 29.1. The summed E-state index contributed by atoms with van der Waals surface area (Å²) in [5.41, 5.74) is 4.14. The average molecular weight is 388 g/mol. The number of nitrogens with zero attached hydrogens (tertiary/aromatic N) is 3. The lowest BCUT2D eigenvalue weighted by atomic mass is 9.72. The molecular formula is C19H22BrN3O. The molecule has 2 saturated carbocycles. The number of halogens is 1. The number of hydrogen-bond donors (Lipinski definition) is 0. The van der Waals surface area contributed by atoms with E-state index in [4.69, 9.17) is 4.74 Å². The monoisotopic (exact) mass is 387 g/mol. The molecule has 2 unspecified atom stereocenters. The molecule has 0 amide bonds. The van der Waals surface area contributed by atoms with Crippen molar-refractivity contribution < 1.29 is 4.74 Å². The van der Waals surface area contributed by atoms with E-state index in [2.05, 4.69) is 51.4 Å². The average Bonchev–Trinajstić information content (AvgIpc) is 3.28. The summed E-state index contributed by atoms with van der Waals surface area (Å²) in [5, 5.41) is 8.35. The maximum atomic E-state index is 6.43. The van der Waals surface area contributed by atoms with Gasteiger partial charge in [-0.2, -0.15) is 0 Å². The molecule has 0 saturated heterocycles. The second-order valence-electron chi connectivity index (χ2n) is 8.11. The van der Waals surface area contributed by atoms with Crippen molar-refractivity contribution in [3.63, 3.8) is 0 Å². The lowest BCUT2D eigenvalue weighted by molar-refractivity contribution is 0.110. The molecule has 4 nitrogen and oxygen atoms in total. The summed E-state index contributed by atoms with van der Waals surface area (Å²) in [5.74, 6) is 2.44. The molecular weight excluding hydrogens is 366 g/mol. The van der Waals surface area contributed by atoms with Gasteiger partial charge in [0.2, 0.25) is 4.73 Å². The highest BCUT2D eigenvalue weighted by atomic mass is 79.9. The molecule has 2 atom stereocenters. The molecule has 0 N–H and O–H groups in total. The van der Waals surface area contributed by atoms with Gasteiger partial charge >= 0.3 is 0 Å². The van der Waals surface area contributed by atoms with Gasteiger partial charge in [-0.15, -0.1) is 10.2 Å². The van der Waals surface area contributed by atoms with Crippen LogP contribution in [0.3, 0.4) is 0 Å². The van der Waals surface area contributed by atoms with E-state index >= 15 is 0 Å². The van der Waals surface area contributed by atoms with Gasteiger partial charge < -0.3 is 4.74 Å². The molecule has 0 aromatic carbocycles. The van der Waals surface area contributed by atoms with E-state index in [1.54, 1.807) is 5.57 Å². The highest BCUT2D eigenvalue weighted by Gasteiger charge is 2.41. The van der Waals surface area contributed by atoms with Crippen molar-refractivity contribution in [2.75, 3.05) is 6.61 Å². The van der Waals surface area contributed by atoms with Gasteiger partial charge in [0.15, 0.2) is 5.65 Å². The van der Waals surface area contributed by atoms with Crippen molar-refractivity contribution >= 4 is 21.6 Å². The Bertz CT molecular complexity index is 838. The van der Waals surface area contributed by atoms with Crippen LogP contribution in [0.4, 0.5) is 0 Å². The summed E-state index contributed by atoms with van der Waals surface area (Å²) in [7, 11) is 0. The van der Waals surface area contributed by atoms with Crippen molar-refractivity contribution in [2.45, 2.75) is 51.4 Å². The van der Waals surface area contributed by atoms with E-state index in [1.165, 1.54) is 44.1 Å². The third kappa shape index (κ3) is 2.48. The Hall–Kier alpha value is -1.36. The molecule has 0 aliphatic heterocycles. The minimum absolute atomic E-state index is 0.328. The summed E-state index contributed by atoms with van der Waals surface area (Å²) >= 11 is 3.47. The maximum absolute atomic E-state index is 6.43. The molecule has 2 fully saturated rings. The summed E-state index contributed by atoms with van der Waals surface area (Å²) in [4.78, 5) is 0. The molecule has 126 valence electrons. The topological polar surface area (TPSA) is 39.4 Å². The van der Waals surface area contributed by atoms with Crippen LogP contribution >= 0.6 is 15.9 Å². The minimum atomic E-state index is 0.328. The number of allylic oxidation sites excluding steroid dienone is 2. The molecule has 2 aromatic heterocycles. The number of pyridine rings is 1. The highest BCUT2D eigenvalue weighted by molar-refractivity contribution is 9.10. The summed E-state index contributed by atoms with van der Waals surface area (Å²) in [6.07, 6.45) is 12.1. The highest BCUT2D eigenvalue weighted by Crippen LogP contribution is 2.51. The number of rotatable bonds is 4. The second kappa shape index (κ2) is 5.32. The fourth-order valence-electron chi connectivity index (χ4n) is 4.69. The van der Waals surface area contributed by atoms with Crippen molar-refractivity contribution in [3.8, 4) is 5.75 Å². The number of hydrogen-bond acceptors (Lipinski definition) is 3. The Labute approximate surface area is 150 Å². The molecule has 2 aromatic rings. The van der Waals surface area contributed by atoms with Gasteiger partial charge in [-0.1, -0.05) is 18.6 Å². The smallest absolute Gasteiger partial charge is 0.204 e. The molecule has 0 radical (unpaired) electrons. The van der Waals surface area contributed by atoms with Crippen molar-refractivity contribution in [3.05, 3.63) is 34.2 Å². The van der Waals surface area contributed by atoms with E-state index in [1.807, 2.05) is 4.40 Å². The van der Waals surface area contributed by atoms with Gasteiger partial charge in [-0.25, -0.2) is 0 Å². The Morgan fingerprint density at radius 3 is 3.08 bits per heavy atom. The zero-order valence-corrected chi connectivity index (χ0v) is 15.6. The summed E-state index contributed by atoms with van der Waals surface area (Å²) in [6.45, 7) is 3.20. The standard InChI is InChI=1S/C19H22BrN3O/c1-12-6-13-4-5-19(8-12,9-13)11-24-16-7-17-21-22-18(20)23(17)10-15(16)14-2-3-14/h4,7,10,12,14H,2-3,5-6,8-9,11H2,1H3. The van der Waals surface area contributed by atoms with Crippen LogP contribution in [0.5, 0.6) is 5.75 Å². The first-order chi connectivity index (χ1) is 11.6. The van der Waals surface area contributed by atoms with Gasteiger partial charge in [-0.3, -0.25) is 4.40 Å². The first kappa shape index (κ1) is 14.9.